The van der Waals surface area contributed by atoms with E-state index in [9.17, 15) is 44.1 Å². The van der Waals surface area contributed by atoms with Gasteiger partial charge in [-0.1, -0.05) is 52.9 Å². The van der Waals surface area contributed by atoms with Crippen LogP contribution in [0.15, 0.2) is 0 Å². The van der Waals surface area contributed by atoms with E-state index in [0.717, 1.165) is 6.42 Å². The van der Waals surface area contributed by atoms with Crippen LogP contribution >= 0.6 is 0 Å². The fourth-order valence-electron chi connectivity index (χ4n) is 3.95. The lowest BCUT2D eigenvalue weighted by molar-refractivity contribution is -0.208. The molecule has 232 valence electrons. The summed E-state index contributed by atoms with van der Waals surface area (Å²) in [5.41, 5.74) is -4.04. The maximum atomic E-state index is 12.3. The molecule has 0 aliphatic heterocycles. The molecule has 0 aromatic heterocycles. The highest BCUT2D eigenvalue weighted by molar-refractivity contribution is 5.92. The molecule has 3 N–H and O–H groups in total. The van der Waals surface area contributed by atoms with Crippen molar-refractivity contribution in [1.29, 1.82) is 0 Å². The van der Waals surface area contributed by atoms with Crippen molar-refractivity contribution in [3.63, 3.8) is 0 Å². The highest BCUT2D eigenvalue weighted by atomic mass is 16.6. The summed E-state index contributed by atoms with van der Waals surface area (Å²) in [6.45, 7) is 9.10. The first-order chi connectivity index (χ1) is 18.6. The average Bonchev–Trinajstić information content (AvgIpc) is 2.85. The third-order valence-corrected chi connectivity index (χ3v) is 5.97. The number of carbonyl (C=O) groups is 6. The fraction of sp³-hybridized carbons (Fsp3) is 0.778. The molecule has 0 rings (SSSR count). The van der Waals surface area contributed by atoms with Crippen LogP contribution in [0.3, 0.4) is 0 Å². The number of unbranched alkanes of at least 4 members (excludes halogenated alkanes) is 3. The van der Waals surface area contributed by atoms with Crippen molar-refractivity contribution in [2.24, 2.45) is 5.41 Å². The van der Waals surface area contributed by atoms with Gasteiger partial charge in [0.1, 0.15) is 18.6 Å². The van der Waals surface area contributed by atoms with Crippen LogP contribution in [0.1, 0.15) is 99.3 Å². The van der Waals surface area contributed by atoms with E-state index in [1.807, 2.05) is 20.8 Å². The van der Waals surface area contributed by atoms with E-state index in [0.29, 0.717) is 32.1 Å². The number of rotatable bonds is 20. The first-order valence-corrected chi connectivity index (χ1v) is 13.4. The molecule has 40 heavy (non-hydrogen) atoms. The summed E-state index contributed by atoms with van der Waals surface area (Å²) < 4.78 is 19.6. The average molecular weight is 579 g/mol. The smallest absolute Gasteiger partial charge is 0.337 e. The Balaban J connectivity index is 0. The second-order valence-corrected chi connectivity index (χ2v) is 9.34. The summed E-state index contributed by atoms with van der Waals surface area (Å²) in [4.78, 5) is 67.5. The highest BCUT2D eigenvalue weighted by Gasteiger charge is 2.63. The number of carboxylic acids is 3. The third-order valence-electron chi connectivity index (χ3n) is 5.97. The second kappa shape index (κ2) is 20.7. The molecule has 13 heteroatoms. The topological polar surface area (TPSA) is 200 Å². The van der Waals surface area contributed by atoms with Crippen molar-refractivity contribution in [2.45, 2.75) is 111 Å². The quantitative estimate of drug-likeness (QED) is 0.108. The third kappa shape index (κ3) is 14.2. The van der Waals surface area contributed by atoms with Gasteiger partial charge in [0.15, 0.2) is 11.7 Å². The van der Waals surface area contributed by atoms with Gasteiger partial charge in [-0.15, -0.1) is 0 Å². The number of carbonyl (C=O) groups excluding carboxylic acids is 3. The lowest BCUT2D eigenvalue weighted by Crippen LogP contribution is -2.61. The van der Waals surface area contributed by atoms with Gasteiger partial charge < -0.3 is 34.3 Å². The molecule has 0 fully saturated rings. The molecule has 0 aliphatic carbocycles. The molecule has 1 atom stereocenters. The van der Waals surface area contributed by atoms with Gasteiger partial charge in [0, 0.05) is 27.4 Å². The summed E-state index contributed by atoms with van der Waals surface area (Å²) in [7, 11) is 0. The van der Waals surface area contributed by atoms with Gasteiger partial charge in [-0.3, -0.25) is 24.0 Å². The molecule has 0 amide bonds. The van der Waals surface area contributed by atoms with Gasteiger partial charge in [0.2, 0.25) is 0 Å². The normalized spacial score (nSPS) is 12.4. The van der Waals surface area contributed by atoms with Crippen molar-refractivity contribution in [3.05, 3.63) is 0 Å². The molecule has 0 aromatic rings. The van der Waals surface area contributed by atoms with Gasteiger partial charge in [0.05, 0.1) is 6.42 Å². The summed E-state index contributed by atoms with van der Waals surface area (Å²) >= 11 is 0. The standard InChI is InChI=1S/C18H32O7.C9H14O6/c1-4-7-10-17(15(21)22,11-8-5-2)18(16(23)24,13-14(19)20)25-12-9-6-3;1-6(10)13-4-9(15-8(3)12)5-14-7(2)11/h4-13H2,1-3H3,(H,19,20)(H,21,22)(H,23,24);9H,4-5H2,1-3H3. The van der Waals surface area contributed by atoms with Crippen LogP contribution in [-0.4, -0.2) is 82.7 Å². The highest BCUT2D eigenvalue weighted by Crippen LogP contribution is 2.47. The van der Waals surface area contributed by atoms with E-state index < -0.39 is 59.4 Å². The van der Waals surface area contributed by atoms with Crippen molar-refractivity contribution in [3.8, 4) is 0 Å². The molecule has 0 aliphatic rings. The largest absolute Gasteiger partial charge is 0.481 e. The maximum absolute atomic E-state index is 12.3. The molecule has 0 spiro atoms. The number of hydrogen-bond donors (Lipinski definition) is 3. The maximum Gasteiger partial charge on any atom is 0.337 e. The molecule has 0 bridgehead atoms. The van der Waals surface area contributed by atoms with Crippen molar-refractivity contribution in [2.75, 3.05) is 19.8 Å². The van der Waals surface area contributed by atoms with E-state index in [2.05, 4.69) is 9.47 Å². The minimum Gasteiger partial charge on any atom is -0.481 e. The van der Waals surface area contributed by atoms with Gasteiger partial charge in [-0.05, 0) is 19.3 Å². The Hall–Kier alpha value is -3.22. The van der Waals surface area contributed by atoms with Gasteiger partial charge in [-0.25, -0.2) is 4.79 Å². The minimum absolute atomic E-state index is 0.0172. The van der Waals surface area contributed by atoms with Crippen LogP contribution in [0, 0.1) is 5.41 Å². The predicted octanol–water partition coefficient (Wildman–Crippen LogP) is 3.60. The summed E-state index contributed by atoms with van der Waals surface area (Å²) in [6, 6.07) is 0. The molecule has 0 radical (unpaired) electrons. The lowest BCUT2D eigenvalue weighted by atomic mass is 9.64. The predicted molar refractivity (Wildman–Crippen MR) is 141 cm³/mol. The Labute approximate surface area is 235 Å². The molecule has 0 saturated carbocycles. The summed E-state index contributed by atoms with van der Waals surface area (Å²) in [5.74, 6) is -5.70. The summed E-state index contributed by atoms with van der Waals surface area (Å²) in [6.07, 6.45) is 2.12. The Morgan fingerprint density at radius 2 is 1.12 bits per heavy atom. The number of ether oxygens (including phenoxy) is 4. The Morgan fingerprint density at radius 3 is 1.43 bits per heavy atom. The van der Waals surface area contributed by atoms with Crippen molar-refractivity contribution in [1.82, 2.24) is 0 Å². The van der Waals surface area contributed by atoms with Gasteiger partial charge in [0.25, 0.3) is 0 Å². The zero-order valence-electron chi connectivity index (χ0n) is 24.5. The summed E-state index contributed by atoms with van der Waals surface area (Å²) in [5, 5.41) is 29.2. The SMILES string of the molecule is CC(=O)OCC(COC(C)=O)OC(C)=O.CCCCOC(CC(=O)O)(C(=O)O)C(CCCC)(CCCC)C(=O)O. The Morgan fingerprint density at radius 1 is 0.675 bits per heavy atom. The first kappa shape index (κ1) is 38.9. The number of carboxylic acid groups (broad SMARTS) is 3. The van der Waals surface area contributed by atoms with Gasteiger partial charge in [-0.2, -0.15) is 0 Å². The van der Waals surface area contributed by atoms with Crippen LogP contribution in [0.5, 0.6) is 0 Å². The first-order valence-electron chi connectivity index (χ1n) is 13.4. The molecule has 1 unspecified atom stereocenters. The van der Waals surface area contributed by atoms with E-state index >= 15 is 0 Å². The molecule has 0 heterocycles. The Kier molecular flexibility index (Phi) is 20.1. The second-order valence-electron chi connectivity index (χ2n) is 9.34. The van der Waals surface area contributed by atoms with E-state index in [-0.39, 0.29) is 32.7 Å². The molecule has 13 nitrogen and oxygen atoms in total. The van der Waals surface area contributed by atoms with E-state index in [1.54, 1.807) is 0 Å². The minimum atomic E-state index is -2.27. The number of esters is 3. The zero-order chi connectivity index (χ0) is 31.4. The van der Waals surface area contributed by atoms with Gasteiger partial charge >= 0.3 is 35.8 Å². The van der Waals surface area contributed by atoms with Crippen molar-refractivity contribution >= 4 is 35.8 Å². The van der Waals surface area contributed by atoms with Crippen LogP contribution in [0.4, 0.5) is 0 Å². The van der Waals surface area contributed by atoms with Crippen molar-refractivity contribution < 1.29 is 63.0 Å². The van der Waals surface area contributed by atoms with Crippen LogP contribution in [0.2, 0.25) is 0 Å². The number of aliphatic carboxylic acids is 3. The molecular formula is C27H46O13. The molecule has 0 aromatic carbocycles. The fourth-order valence-corrected chi connectivity index (χ4v) is 3.95. The van der Waals surface area contributed by atoms with E-state index in [1.165, 1.54) is 20.8 Å². The molecular weight excluding hydrogens is 532 g/mol. The molecule has 0 saturated heterocycles. The Bertz CT molecular complexity index is 797. The van der Waals surface area contributed by atoms with Crippen LogP contribution < -0.4 is 0 Å². The lowest BCUT2D eigenvalue weighted by Gasteiger charge is -2.44. The zero-order valence-corrected chi connectivity index (χ0v) is 24.5. The van der Waals surface area contributed by atoms with Crippen LogP contribution in [0.25, 0.3) is 0 Å². The number of hydrogen-bond acceptors (Lipinski definition) is 10. The monoisotopic (exact) mass is 578 g/mol. The van der Waals surface area contributed by atoms with E-state index in [4.69, 9.17) is 9.47 Å². The van der Waals surface area contributed by atoms with Crippen LogP contribution in [-0.2, 0) is 47.7 Å².